The number of nitrogens with one attached hydrogen (secondary N) is 1. The molecule has 0 aliphatic carbocycles. The van der Waals surface area contributed by atoms with Gasteiger partial charge in [0.05, 0.1) is 18.2 Å². The number of aryl methyl sites for hydroxylation is 1. The van der Waals surface area contributed by atoms with E-state index in [2.05, 4.69) is 30.3 Å². The SMILES string of the molecule is Cn1cc(-c2ccnc(N3CCC(NC(=O)c4ccc(-n5ccnc5)cc4)C3)n2)cn1. The van der Waals surface area contributed by atoms with Crippen LogP contribution in [0.15, 0.2) is 67.6 Å². The third-order valence-corrected chi connectivity index (χ3v) is 5.38. The van der Waals surface area contributed by atoms with Gasteiger partial charge >= 0.3 is 0 Å². The Hall–Kier alpha value is -4.01. The fourth-order valence-corrected chi connectivity index (χ4v) is 3.74. The third kappa shape index (κ3) is 4.02. The van der Waals surface area contributed by atoms with Gasteiger partial charge in [-0.05, 0) is 36.8 Å². The quantitative estimate of drug-likeness (QED) is 0.537. The van der Waals surface area contributed by atoms with Crippen LogP contribution in [0.4, 0.5) is 5.95 Å². The van der Waals surface area contributed by atoms with E-state index in [1.165, 1.54) is 0 Å². The molecule has 0 saturated carbocycles. The van der Waals surface area contributed by atoms with Crippen molar-refractivity contribution >= 4 is 11.9 Å². The summed E-state index contributed by atoms with van der Waals surface area (Å²) in [7, 11) is 1.88. The molecule has 31 heavy (non-hydrogen) atoms. The minimum atomic E-state index is -0.0749. The summed E-state index contributed by atoms with van der Waals surface area (Å²) in [6.07, 6.45) is 11.6. The first-order valence-corrected chi connectivity index (χ1v) is 10.1. The van der Waals surface area contributed by atoms with Gasteiger partial charge in [0, 0.05) is 67.8 Å². The van der Waals surface area contributed by atoms with Crippen molar-refractivity contribution in [3.63, 3.8) is 0 Å². The zero-order chi connectivity index (χ0) is 21.2. The molecule has 1 atom stereocenters. The second-order valence-electron chi connectivity index (χ2n) is 7.57. The molecule has 3 aromatic heterocycles. The molecule has 9 nitrogen and oxygen atoms in total. The minimum absolute atomic E-state index is 0.0477. The maximum atomic E-state index is 12.7. The Morgan fingerprint density at radius 2 is 2.03 bits per heavy atom. The molecule has 1 saturated heterocycles. The predicted octanol–water partition coefficient (Wildman–Crippen LogP) is 2.07. The lowest BCUT2D eigenvalue weighted by Crippen LogP contribution is -2.37. The monoisotopic (exact) mass is 414 g/mol. The number of benzene rings is 1. The first kappa shape index (κ1) is 19.0. The van der Waals surface area contributed by atoms with E-state index >= 15 is 0 Å². The molecule has 9 heteroatoms. The van der Waals surface area contributed by atoms with E-state index in [1.54, 1.807) is 29.6 Å². The van der Waals surface area contributed by atoms with Crippen molar-refractivity contribution in [1.29, 1.82) is 0 Å². The number of hydrogen-bond acceptors (Lipinski definition) is 6. The molecule has 4 aromatic rings. The fraction of sp³-hybridized carbons (Fsp3) is 0.227. The first-order valence-electron chi connectivity index (χ1n) is 10.1. The Balaban J connectivity index is 1.22. The molecule has 0 spiro atoms. The number of anilines is 1. The molecule has 1 amide bonds. The van der Waals surface area contributed by atoms with E-state index in [0.29, 0.717) is 18.1 Å². The van der Waals surface area contributed by atoms with Crippen LogP contribution in [0.1, 0.15) is 16.8 Å². The molecule has 0 bridgehead atoms. The normalized spacial score (nSPS) is 15.9. The first-order chi connectivity index (χ1) is 15.2. The second kappa shape index (κ2) is 8.02. The van der Waals surface area contributed by atoms with Gasteiger partial charge in [-0.3, -0.25) is 9.48 Å². The molecule has 1 aliphatic heterocycles. The molecule has 0 radical (unpaired) electrons. The Morgan fingerprint density at radius 1 is 1.16 bits per heavy atom. The highest BCUT2D eigenvalue weighted by Gasteiger charge is 2.26. The van der Waals surface area contributed by atoms with Gasteiger partial charge in [0.25, 0.3) is 5.91 Å². The van der Waals surface area contributed by atoms with Crippen LogP contribution in [0, 0.1) is 0 Å². The molecule has 1 unspecified atom stereocenters. The minimum Gasteiger partial charge on any atom is -0.347 e. The van der Waals surface area contributed by atoms with Crippen molar-refractivity contribution < 1.29 is 4.79 Å². The van der Waals surface area contributed by atoms with Gasteiger partial charge in [-0.25, -0.2) is 15.0 Å². The highest BCUT2D eigenvalue weighted by atomic mass is 16.1. The molecule has 5 rings (SSSR count). The number of amides is 1. The maximum Gasteiger partial charge on any atom is 0.251 e. The van der Waals surface area contributed by atoms with Crippen molar-refractivity contribution in [2.75, 3.05) is 18.0 Å². The van der Waals surface area contributed by atoms with E-state index in [4.69, 9.17) is 0 Å². The van der Waals surface area contributed by atoms with Crippen molar-refractivity contribution in [1.82, 2.24) is 34.6 Å². The van der Waals surface area contributed by atoms with Crippen LogP contribution >= 0.6 is 0 Å². The molecule has 1 aromatic carbocycles. The predicted molar refractivity (Wildman–Crippen MR) is 116 cm³/mol. The van der Waals surface area contributed by atoms with E-state index in [-0.39, 0.29) is 11.9 Å². The van der Waals surface area contributed by atoms with Gasteiger partial charge in [0.15, 0.2) is 0 Å². The Kier molecular flexibility index (Phi) is 4.91. The van der Waals surface area contributed by atoms with Crippen molar-refractivity contribution in [3.05, 3.63) is 73.2 Å². The van der Waals surface area contributed by atoms with Crippen LogP contribution in [0.25, 0.3) is 16.9 Å². The summed E-state index contributed by atoms with van der Waals surface area (Å²) in [6.45, 7) is 1.47. The number of hydrogen-bond donors (Lipinski definition) is 1. The average molecular weight is 414 g/mol. The fourth-order valence-electron chi connectivity index (χ4n) is 3.74. The molecular formula is C22H22N8O. The zero-order valence-corrected chi connectivity index (χ0v) is 17.1. The van der Waals surface area contributed by atoms with Gasteiger partial charge in [-0.2, -0.15) is 5.10 Å². The topological polar surface area (TPSA) is 93.8 Å². The Morgan fingerprint density at radius 3 is 2.77 bits per heavy atom. The van der Waals surface area contributed by atoms with Crippen LogP contribution in [-0.2, 0) is 7.05 Å². The second-order valence-corrected chi connectivity index (χ2v) is 7.57. The number of nitrogens with zero attached hydrogens (tertiary/aromatic N) is 7. The maximum absolute atomic E-state index is 12.7. The number of rotatable bonds is 5. The number of aromatic nitrogens is 6. The molecule has 1 N–H and O–H groups in total. The molecular weight excluding hydrogens is 392 g/mol. The van der Waals surface area contributed by atoms with Gasteiger partial charge in [0.2, 0.25) is 5.95 Å². The highest BCUT2D eigenvalue weighted by Crippen LogP contribution is 2.21. The highest BCUT2D eigenvalue weighted by molar-refractivity contribution is 5.94. The third-order valence-electron chi connectivity index (χ3n) is 5.38. The van der Waals surface area contributed by atoms with E-state index in [9.17, 15) is 4.79 Å². The van der Waals surface area contributed by atoms with Gasteiger partial charge < -0.3 is 14.8 Å². The number of carbonyl (C=O) groups excluding carboxylic acids is 1. The standard InChI is InChI=1S/C22H22N8O/c1-28-13-17(12-25-28)20-6-8-24-22(27-20)29-10-7-18(14-29)26-21(31)16-2-4-19(5-3-16)30-11-9-23-15-30/h2-6,8-9,11-13,15,18H,7,10,14H2,1H3,(H,26,31). The van der Waals surface area contributed by atoms with Crippen molar-refractivity contribution in [3.8, 4) is 16.9 Å². The molecule has 1 fully saturated rings. The molecule has 156 valence electrons. The molecule has 1 aliphatic rings. The average Bonchev–Trinajstić information content (AvgIpc) is 3.56. The van der Waals surface area contributed by atoms with Crippen LogP contribution in [-0.4, -0.2) is 54.3 Å². The van der Waals surface area contributed by atoms with E-state index < -0.39 is 0 Å². The Bertz CT molecular complexity index is 1180. The van der Waals surface area contributed by atoms with Crippen molar-refractivity contribution in [2.24, 2.45) is 7.05 Å². The van der Waals surface area contributed by atoms with Crippen LogP contribution in [0.5, 0.6) is 0 Å². The number of carbonyl (C=O) groups is 1. The lowest BCUT2D eigenvalue weighted by atomic mass is 10.1. The summed E-state index contributed by atoms with van der Waals surface area (Å²) in [5, 5.41) is 7.33. The Labute approximate surface area is 179 Å². The van der Waals surface area contributed by atoms with Crippen LogP contribution in [0.2, 0.25) is 0 Å². The summed E-state index contributed by atoms with van der Waals surface area (Å²) in [6, 6.07) is 9.41. The van der Waals surface area contributed by atoms with E-state index in [0.717, 1.165) is 29.9 Å². The largest absolute Gasteiger partial charge is 0.347 e. The van der Waals surface area contributed by atoms with Gasteiger partial charge in [-0.1, -0.05) is 0 Å². The lowest BCUT2D eigenvalue weighted by Gasteiger charge is -2.17. The lowest BCUT2D eigenvalue weighted by molar-refractivity contribution is 0.0940. The van der Waals surface area contributed by atoms with Gasteiger partial charge in [-0.15, -0.1) is 0 Å². The summed E-state index contributed by atoms with van der Waals surface area (Å²) in [5.41, 5.74) is 3.39. The molecule has 4 heterocycles. The summed E-state index contributed by atoms with van der Waals surface area (Å²) in [5.74, 6) is 0.594. The van der Waals surface area contributed by atoms with Gasteiger partial charge in [0.1, 0.15) is 0 Å². The smallest absolute Gasteiger partial charge is 0.251 e. The number of imidazole rings is 1. The summed E-state index contributed by atoms with van der Waals surface area (Å²) >= 11 is 0. The van der Waals surface area contributed by atoms with Crippen LogP contribution in [0.3, 0.4) is 0 Å². The summed E-state index contributed by atoms with van der Waals surface area (Å²) < 4.78 is 3.65. The summed E-state index contributed by atoms with van der Waals surface area (Å²) in [4.78, 5) is 28.0. The van der Waals surface area contributed by atoms with Crippen molar-refractivity contribution in [2.45, 2.75) is 12.5 Å². The van der Waals surface area contributed by atoms with Crippen LogP contribution < -0.4 is 10.2 Å². The van der Waals surface area contributed by atoms with E-state index in [1.807, 2.05) is 54.3 Å². The zero-order valence-electron chi connectivity index (χ0n) is 17.1.